The van der Waals surface area contributed by atoms with Crippen LogP contribution in [-0.4, -0.2) is 37.2 Å². The minimum absolute atomic E-state index is 0.108. The summed E-state index contributed by atoms with van der Waals surface area (Å²) >= 11 is 6.09. The molecule has 7 nitrogen and oxygen atoms in total. The molecule has 20 heavy (non-hydrogen) atoms. The Kier molecular flexibility index (Phi) is 6.61. The van der Waals surface area contributed by atoms with Crippen molar-refractivity contribution in [1.29, 1.82) is 0 Å². The van der Waals surface area contributed by atoms with Crippen molar-refractivity contribution in [2.75, 3.05) is 19.8 Å². The molecular weight excluding hydrogens is 286 g/mol. The van der Waals surface area contributed by atoms with Gasteiger partial charge in [-0.05, 0) is 24.6 Å². The monoisotopic (exact) mass is 301 g/mol. The highest BCUT2D eigenvalue weighted by atomic mass is 35.5. The first-order valence-corrected chi connectivity index (χ1v) is 6.24. The number of primary amides is 1. The van der Waals surface area contributed by atoms with Crippen molar-refractivity contribution in [1.82, 2.24) is 5.43 Å². The largest absolute Gasteiger partial charge is 0.490 e. The van der Waals surface area contributed by atoms with Crippen molar-refractivity contribution in [2.24, 2.45) is 10.8 Å². The standard InChI is InChI=1S/C12H16ClN3O4/c1-2-19-10-6-8(7-15-16-12(14)18)5-9(13)11(10)20-4-3-17/h5-7,17H,2-4H2,1H3,(H3,14,16,18)/b15-7+. The molecule has 0 radical (unpaired) electrons. The highest BCUT2D eigenvalue weighted by Crippen LogP contribution is 2.36. The number of nitrogens with two attached hydrogens (primary N) is 1. The highest BCUT2D eigenvalue weighted by Gasteiger charge is 2.12. The summed E-state index contributed by atoms with van der Waals surface area (Å²) in [4.78, 5) is 10.5. The Morgan fingerprint density at radius 2 is 2.30 bits per heavy atom. The summed E-state index contributed by atoms with van der Waals surface area (Å²) in [5.41, 5.74) is 7.56. The van der Waals surface area contributed by atoms with Crippen LogP contribution in [0.2, 0.25) is 5.02 Å². The smallest absolute Gasteiger partial charge is 0.332 e. The lowest BCUT2D eigenvalue weighted by Gasteiger charge is -2.13. The molecule has 0 aliphatic heterocycles. The molecule has 0 saturated carbocycles. The second-order valence-corrected chi connectivity index (χ2v) is 3.98. The number of hydrogen-bond donors (Lipinski definition) is 3. The Labute approximate surface area is 121 Å². The minimum atomic E-state index is -0.764. The van der Waals surface area contributed by atoms with Gasteiger partial charge in [-0.25, -0.2) is 10.2 Å². The van der Waals surface area contributed by atoms with Gasteiger partial charge in [0.15, 0.2) is 11.5 Å². The molecule has 0 bridgehead atoms. The zero-order valence-electron chi connectivity index (χ0n) is 10.9. The molecular formula is C12H16ClN3O4. The molecule has 1 aromatic carbocycles. The van der Waals surface area contributed by atoms with Gasteiger partial charge >= 0.3 is 6.03 Å². The summed E-state index contributed by atoms with van der Waals surface area (Å²) in [6.07, 6.45) is 1.37. The van der Waals surface area contributed by atoms with Crippen LogP contribution in [0.3, 0.4) is 0 Å². The predicted octanol–water partition coefficient (Wildman–Crippen LogP) is 1.11. The molecule has 0 fully saturated rings. The van der Waals surface area contributed by atoms with Crippen LogP contribution in [0.15, 0.2) is 17.2 Å². The number of amides is 2. The van der Waals surface area contributed by atoms with Crippen LogP contribution < -0.4 is 20.6 Å². The van der Waals surface area contributed by atoms with Gasteiger partial charge in [-0.1, -0.05) is 11.6 Å². The Hall–Kier alpha value is -1.99. The number of rotatable bonds is 7. The molecule has 0 unspecified atom stereocenters. The number of aliphatic hydroxyl groups excluding tert-OH is 1. The van der Waals surface area contributed by atoms with Gasteiger partial charge < -0.3 is 20.3 Å². The molecule has 110 valence electrons. The van der Waals surface area contributed by atoms with E-state index >= 15 is 0 Å². The number of nitrogens with zero attached hydrogens (tertiary/aromatic N) is 1. The zero-order chi connectivity index (χ0) is 15.0. The molecule has 2 amide bonds. The van der Waals surface area contributed by atoms with E-state index in [2.05, 4.69) is 10.5 Å². The molecule has 0 saturated heterocycles. The lowest BCUT2D eigenvalue weighted by molar-refractivity contribution is 0.194. The summed E-state index contributed by atoms with van der Waals surface area (Å²) in [6, 6.07) is 2.47. The number of halogens is 1. The first-order chi connectivity index (χ1) is 9.58. The van der Waals surface area contributed by atoms with E-state index in [4.69, 9.17) is 31.9 Å². The second-order valence-electron chi connectivity index (χ2n) is 3.57. The van der Waals surface area contributed by atoms with Crippen LogP contribution in [0.4, 0.5) is 4.79 Å². The van der Waals surface area contributed by atoms with Crippen LogP contribution in [0.25, 0.3) is 0 Å². The maximum absolute atomic E-state index is 10.5. The van der Waals surface area contributed by atoms with Gasteiger partial charge in [0.2, 0.25) is 0 Å². The fraction of sp³-hybridized carbons (Fsp3) is 0.333. The van der Waals surface area contributed by atoms with Crippen molar-refractivity contribution < 1.29 is 19.4 Å². The topological polar surface area (TPSA) is 106 Å². The molecule has 0 heterocycles. The summed E-state index contributed by atoms with van der Waals surface area (Å²) in [7, 11) is 0. The molecule has 0 spiro atoms. The van der Waals surface area contributed by atoms with E-state index in [9.17, 15) is 4.79 Å². The van der Waals surface area contributed by atoms with Gasteiger partial charge in [0.1, 0.15) is 6.61 Å². The molecule has 1 aromatic rings. The molecule has 0 aromatic heterocycles. The van der Waals surface area contributed by atoms with Gasteiger partial charge in [0.25, 0.3) is 0 Å². The normalized spacial score (nSPS) is 10.6. The lowest BCUT2D eigenvalue weighted by atomic mass is 10.2. The molecule has 0 aliphatic rings. The van der Waals surface area contributed by atoms with Crippen molar-refractivity contribution in [3.63, 3.8) is 0 Å². The third-order valence-electron chi connectivity index (χ3n) is 2.06. The summed E-state index contributed by atoms with van der Waals surface area (Å²) < 4.78 is 10.7. The van der Waals surface area contributed by atoms with Crippen LogP contribution in [0.1, 0.15) is 12.5 Å². The van der Waals surface area contributed by atoms with Gasteiger partial charge in [-0.15, -0.1) is 0 Å². The van der Waals surface area contributed by atoms with Crippen LogP contribution in [-0.2, 0) is 0 Å². The number of nitrogens with one attached hydrogen (secondary N) is 1. The van der Waals surface area contributed by atoms with Crippen LogP contribution >= 0.6 is 11.6 Å². The van der Waals surface area contributed by atoms with E-state index in [-0.39, 0.29) is 13.2 Å². The number of hydrogen-bond acceptors (Lipinski definition) is 5. The Bertz CT molecular complexity index is 494. The fourth-order valence-electron chi connectivity index (χ4n) is 1.38. The summed E-state index contributed by atoms with van der Waals surface area (Å²) in [5.74, 6) is 0.775. The van der Waals surface area contributed by atoms with Crippen molar-refractivity contribution in [3.05, 3.63) is 22.7 Å². The Morgan fingerprint density at radius 3 is 2.90 bits per heavy atom. The van der Waals surface area contributed by atoms with Gasteiger partial charge in [-0.2, -0.15) is 5.10 Å². The van der Waals surface area contributed by atoms with Crippen LogP contribution in [0, 0.1) is 0 Å². The first-order valence-electron chi connectivity index (χ1n) is 5.87. The number of ether oxygens (including phenoxy) is 2. The quantitative estimate of drug-likeness (QED) is 0.518. The molecule has 1 rings (SSSR count). The SMILES string of the molecule is CCOc1cc(/C=N/NC(N)=O)cc(Cl)c1OCCO. The molecule has 0 atom stereocenters. The third kappa shape index (κ3) is 4.94. The van der Waals surface area contributed by atoms with Crippen molar-refractivity contribution in [3.8, 4) is 11.5 Å². The number of aliphatic hydroxyl groups is 1. The summed E-state index contributed by atoms with van der Waals surface area (Å²) in [5, 5.41) is 12.7. The molecule has 0 aliphatic carbocycles. The second kappa shape index (κ2) is 8.23. The third-order valence-corrected chi connectivity index (χ3v) is 2.34. The molecule has 4 N–H and O–H groups in total. The number of carbonyl (C=O) groups is 1. The van der Waals surface area contributed by atoms with E-state index in [1.807, 2.05) is 6.92 Å². The minimum Gasteiger partial charge on any atom is -0.490 e. The number of carbonyl (C=O) groups excluding carboxylic acids is 1. The first kappa shape index (κ1) is 16.1. The zero-order valence-corrected chi connectivity index (χ0v) is 11.7. The Morgan fingerprint density at radius 1 is 1.55 bits per heavy atom. The van der Waals surface area contributed by atoms with E-state index in [0.29, 0.717) is 28.7 Å². The number of hydrazone groups is 1. The number of urea groups is 1. The van der Waals surface area contributed by atoms with E-state index in [1.54, 1.807) is 12.1 Å². The predicted molar refractivity (Wildman–Crippen MR) is 75.5 cm³/mol. The van der Waals surface area contributed by atoms with Gasteiger partial charge in [-0.3, -0.25) is 0 Å². The van der Waals surface area contributed by atoms with Gasteiger partial charge in [0, 0.05) is 0 Å². The maximum atomic E-state index is 10.5. The van der Waals surface area contributed by atoms with Crippen LogP contribution in [0.5, 0.6) is 11.5 Å². The fourth-order valence-corrected chi connectivity index (χ4v) is 1.66. The lowest BCUT2D eigenvalue weighted by Crippen LogP contribution is -2.24. The van der Waals surface area contributed by atoms with Crippen molar-refractivity contribution in [2.45, 2.75) is 6.92 Å². The average Bonchev–Trinajstić information content (AvgIpc) is 2.38. The highest BCUT2D eigenvalue weighted by molar-refractivity contribution is 6.32. The number of benzene rings is 1. The van der Waals surface area contributed by atoms with Crippen molar-refractivity contribution >= 4 is 23.8 Å². The van der Waals surface area contributed by atoms with Gasteiger partial charge in [0.05, 0.1) is 24.5 Å². The Balaban J connectivity index is 2.99. The molecule has 8 heteroatoms. The van der Waals surface area contributed by atoms with E-state index in [0.717, 1.165) is 0 Å². The average molecular weight is 302 g/mol. The maximum Gasteiger partial charge on any atom is 0.332 e. The van der Waals surface area contributed by atoms with E-state index < -0.39 is 6.03 Å². The summed E-state index contributed by atoms with van der Waals surface area (Å²) in [6.45, 7) is 2.22. The van der Waals surface area contributed by atoms with E-state index in [1.165, 1.54) is 6.21 Å².